The molecule has 2 aromatic rings. The van der Waals surface area contributed by atoms with Crippen LogP contribution in [0.3, 0.4) is 0 Å². The third-order valence-electron chi connectivity index (χ3n) is 5.03. The highest BCUT2D eigenvalue weighted by atomic mass is 16.2. The summed E-state index contributed by atoms with van der Waals surface area (Å²) in [7, 11) is 0. The Hall–Kier alpha value is -3.35. The Morgan fingerprint density at radius 2 is 1.59 bits per heavy atom. The van der Waals surface area contributed by atoms with Crippen molar-refractivity contribution in [2.75, 3.05) is 22.1 Å². The number of carbonyl (C=O) groups excluding carboxylic acids is 3. The summed E-state index contributed by atoms with van der Waals surface area (Å²) in [5.41, 5.74) is 3.11. The number of rotatable bonds is 6. The smallest absolute Gasteiger partial charge is 0.319 e. The molecule has 0 spiro atoms. The molecule has 0 atom stereocenters. The summed E-state index contributed by atoms with van der Waals surface area (Å²) in [5.74, 6) is 0.0284. The van der Waals surface area contributed by atoms with Crippen LogP contribution in [-0.4, -0.2) is 30.4 Å². The molecule has 1 saturated heterocycles. The van der Waals surface area contributed by atoms with Crippen molar-refractivity contribution in [2.45, 2.75) is 38.1 Å². The number of urea groups is 1. The van der Waals surface area contributed by atoms with Gasteiger partial charge >= 0.3 is 6.03 Å². The number of hydrogen-bond donors (Lipinski definition) is 3. The van der Waals surface area contributed by atoms with E-state index in [-0.39, 0.29) is 24.3 Å². The van der Waals surface area contributed by atoms with Gasteiger partial charge in [-0.1, -0.05) is 12.1 Å². The van der Waals surface area contributed by atoms with Gasteiger partial charge < -0.3 is 20.9 Å². The molecule has 1 aliphatic heterocycles. The minimum absolute atomic E-state index is 0.123. The number of anilines is 3. The Balaban J connectivity index is 1.27. The van der Waals surface area contributed by atoms with Crippen LogP contribution in [-0.2, 0) is 16.0 Å². The molecule has 0 aromatic heterocycles. The zero-order valence-corrected chi connectivity index (χ0v) is 16.1. The highest BCUT2D eigenvalue weighted by Crippen LogP contribution is 2.22. The van der Waals surface area contributed by atoms with Gasteiger partial charge in [-0.15, -0.1) is 0 Å². The van der Waals surface area contributed by atoms with Gasteiger partial charge in [0, 0.05) is 36.1 Å². The zero-order valence-electron chi connectivity index (χ0n) is 16.1. The van der Waals surface area contributed by atoms with Gasteiger partial charge in [-0.3, -0.25) is 9.59 Å². The lowest BCUT2D eigenvalue weighted by molar-refractivity contribution is -0.117. The van der Waals surface area contributed by atoms with E-state index in [9.17, 15) is 14.4 Å². The average molecular weight is 392 g/mol. The van der Waals surface area contributed by atoms with Crippen LogP contribution < -0.4 is 20.9 Å². The number of nitrogens with zero attached hydrogens (tertiary/aromatic N) is 1. The van der Waals surface area contributed by atoms with Gasteiger partial charge in [0.15, 0.2) is 0 Å². The number of nitrogens with one attached hydrogen (secondary N) is 3. The number of carbonyl (C=O) groups is 3. The topological polar surface area (TPSA) is 90.5 Å². The summed E-state index contributed by atoms with van der Waals surface area (Å²) in [4.78, 5) is 37.6. The van der Waals surface area contributed by atoms with Crippen molar-refractivity contribution in [3.05, 3.63) is 54.1 Å². The van der Waals surface area contributed by atoms with Crippen molar-refractivity contribution >= 4 is 34.9 Å². The number of benzene rings is 2. The Kier molecular flexibility index (Phi) is 5.46. The van der Waals surface area contributed by atoms with E-state index >= 15 is 0 Å². The fourth-order valence-corrected chi connectivity index (χ4v) is 3.32. The second-order valence-electron chi connectivity index (χ2n) is 7.49. The molecule has 2 aliphatic rings. The normalized spacial score (nSPS) is 15.9. The largest absolute Gasteiger partial charge is 0.335 e. The zero-order chi connectivity index (χ0) is 20.2. The summed E-state index contributed by atoms with van der Waals surface area (Å²) in [6.07, 6.45) is 3.82. The molecule has 4 rings (SSSR count). The van der Waals surface area contributed by atoms with E-state index in [4.69, 9.17) is 0 Å². The second kappa shape index (κ2) is 8.34. The van der Waals surface area contributed by atoms with Crippen LogP contribution in [0, 0.1) is 0 Å². The van der Waals surface area contributed by atoms with Crippen LogP contribution in [0.25, 0.3) is 0 Å². The van der Waals surface area contributed by atoms with E-state index in [1.165, 1.54) is 0 Å². The molecule has 2 aromatic carbocycles. The fourth-order valence-electron chi connectivity index (χ4n) is 3.32. The SMILES string of the molecule is O=C(Cc1ccc(N2CCCC2=O)cc1)Nc1ccc(NC(=O)NC2CC2)cc1. The van der Waals surface area contributed by atoms with Gasteiger partial charge in [-0.05, 0) is 61.2 Å². The Bertz CT molecular complexity index is 905. The van der Waals surface area contributed by atoms with E-state index in [0.717, 1.165) is 37.1 Å². The predicted octanol–water partition coefficient (Wildman–Crippen LogP) is 3.28. The molecule has 1 saturated carbocycles. The van der Waals surface area contributed by atoms with Crippen LogP contribution in [0.1, 0.15) is 31.2 Å². The Labute approximate surface area is 169 Å². The minimum Gasteiger partial charge on any atom is -0.335 e. The lowest BCUT2D eigenvalue weighted by Crippen LogP contribution is -2.30. The molecule has 0 radical (unpaired) electrons. The molecular formula is C22H24N4O3. The van der Waals surface area contributed by atoms with E-state index < -0.39 is 0 Å². The van der Waals surface area contributed by atoms with Gasteiger partial charge in [-0.25, -0.2) is 4.79 Å². The van der Waals surface area contributed by atoms with Crippen molar-refractivity contribution < 1.29 is 14.4 Å². The lowest BCUT2D eigenvalue weighted by Gasteiger charge is -2.15. The van der Waals surface area contributed by atoms with Crippen LogP contribution in [0.4, 0.5) is 21.9 Å². The first kappa shape index (κ1) is 19.0. The summed E-state index contributed by atoms with van der Waals surface area (Å²) in [6.45, 7) is 0.756. The molecule has 1 heterocycles. The van der Waals surface area contributed by atoms with Gasteiger partial charge in [0.25, 0.3) is 0 Å². The molecule has 7 nitrogen and oxygen atoms in total. The average Bonchev–Trinajstić information content (AvgIpc) is 3.41. The Morgan fingerprint density at radius 3 is 2.17 bits per heavy atom. The molecule has 29 heavy (non-hydrogen) atoms. The summed E-state index contributed by atoms with van der Waals surface area (Å²) in [6, 6.07) is 14.7. The maximum Gasteiger partial charge on any atom is 0.319 e. The predicted molar refractivity (Wildman–Crippen MR) is 112 cm³/mol. The minimum atomic E-state index is -0.205. The summed E-state index contributed by atoms with van der Waals surface area (Å²) < 4.78 is 0. The van der Waals surface area contributed by atoms with E-state index in [0.29, 0.717) is 23.8 Å². The highest BCUT2D eigenvalue weighted by Gasteiger charge is 2.23. The maximum atomic E-state index is 12.3. The Morgan fingerprint density at radius 1 is 0.931 bits per heavy atom. The van der Waals surface area contributed by atoms with E-state index in [1.807, 2.05) is 24.3 Å². The van der Waals surface area contributed by atoms with Gasteiger partial charge in [0.05, 0.1) is 6.42 Å². The fraction of sp³-hybridized carbons (Fsp3) is 0.318. The monoisotopic (exact) mass is 392 g/mol. The standard InChI is InChI=1S/C22H24N4O3/c27-20(14-15-3-11-19(12-4-15)26-13-1-2-21(26)28)23-16-5-7-17(8-6-16)24-22(29)25-18-9-10-18/h3-8,11-12,18H,1-2,9-10,13-14H2,(H,23,27)(H2,24,25,29). The van der Waals surface area contributed by atoms with E-state index in [1.54, 1.807) is 29.2 Å². The third kappa shape index (κ3) is 5.13. The van der Waals surface area contributed by atoms with Gasteiger partial charge in [-0.2, -0.15) is 0 Å². The van der Waals surface area contributed by atoms with Gasteiger partial charge in [0.2, 0.25) is 11.8 Å². The molecule has 1 aliphatic carbocycles. The molecule has 4 amide bonds. The number of amides is 4. The first-order chi connectivity index (χ1) is 14.1. The highest BCUT2D eigenvalue weighted by molar-refractivity contribution is 5.96. The molecule has 3 N–H and O–H groups in total. The maximum absolute atomic E-state index is 12.3. The third-order valence-corrected chi connectivity index (χ3v) is 5.03. The first-order valence-corrected chi connectivity index (χ1v) is 9.93. The number of hydrogen-bond acceptors (Lipinski definition) is 3. The molecule has 150 valence electrons. The van der Waals surface area contributed by atoms with E-state index in [2.05, 4.69) is 16.0 Å². The van der Waals surface area contributed by atoms with Gasteiger partial charge in [0.1, 0.15) is 0 Å². The van der Waals surface area contributed by atoms with Crippen LogP contribution >= 0.6 is 0 Å². The quantitative estimate of drug-likeness (QED) is 0.705. The van der Waals surface area contributed by atoms with Crippen molar-refractivity contribution in [1.29, 1.82) is 0 Å². The molecular weight excluding hydrogens is 368 g/mol. The second-order valence-corrected chi connectivity index (χ2v) is 7.49. The van der Waals surface area contributed by atoms with Crippen LogP contribution in [0.5, 0.6) is 0 Å². The van der Waals surface area contributed by atoms with Crippen molar-refractivity contribution in [3.63, 3.8) is 0 Å². The van der Waals surface area contributed by atoms with Crippen LogP contribution in [0.15, 0.2) is 48.5 Å². The van der Waals surface area contributed by atoms with Crippen molar-refractivity contribution in [2.24, 2.45) is 0 Å². The molecule has 0 bridgehead atoms. The van der Waals surface area contributed by atoms with Crippen LogP contribution in [0.2, 0.25) is 0 Å². The first-order valence-electron chi connectivity index (χ1n) is 9.93. The van der Waals surface area contributed by atoms with Crippen molar-refractivity contribution in [3.8, 4) is 0 Å². The molecule has 0 unspecified atom stereocenters. The lowest BCUT2D eigenvalue weighted by atomic mass is 10.1. The summed E-state index contributed by atoms with van der Waals surface area (Å²) in [5, 5.41) is 8.49. The molecule has 7 heteroatoms. The summed E-state index contributed by atoms with van der Waals surface area (Å²) >= 11 is 0. The van der Waals surface area contributed by atoms with Crippen molar-refractivity contribution in [1.82, 2.24) is 5.32 Å². The molecule has 2 fully saturated rings.